The third-order valence-electron chi connectivity index (χ3n) is 3.08. The van der Waals surface area contributed by atoms with Crippen LogP contribution in [0.3, 0.4) is 0 Å². The number of nitrogen functional groups attached to an aromatic ring is 1. The largest absolute Gasteiger partial charge is 0.494 e. The zero-order valence-corrected chi connectivity index (χ0v) is 13.3. The Hall–Kier alpha value is -2.01. The Balaban J connectivity index is 2.35. The van der Waals surface area contributed by atoms with Crippen LogP contribution >= 0.6 is 11.3 Å². The molecule has 0 aliphatic heterocycles. The maximum absolute atomic E-state index is 11.9. The fourth-order valence-corrected chi connectivity index (χ4v) is 3.15. The van der Waals surface area contributed by atoms with E-state index in [2.05, 4.69) is 0 Å². The molecular weight excluding hydrogens is 286 g/mol. The quantitative estimate of drug-likeness (QED) is 0.852. The van der Waals surface area contributed by atoms with E-state index in [1.54, 1.807) is 6.92 Å². The Morgan fingerprint density at radius 3 is 2.43 bits per heavy atom. The lowest BCUT2D eigenvalue weighted by Crippen LogP contribution is -2.05. The Labute approximate surface area is 128 Å². The van der Waals surface area contributed by atoms with Crippen molar-refractivity contribution in [3.05, 3.63) is 34.7 Å². The van der Waals surface area contributed by atoms with E-state index in [0.717, 1.165) is 21.8 Å². The number of carbonyl (C=O) groups excluding carboxylic acids is 1. The molecule has 1 aromatic carbocycles. The average molecular weight is 305 g/mol. The van der Waals surface area contributed by atoms with Gasteiger partial charge < -0.3 is 15.2 Å². The second-order valence-corrected chi connectivity index (χ2v) is 5.50. The third kappa shape index (κ3) is 3.19. The lowest BCUT2D eigenvalue weighted by molar-refractivity contribution is 0.0533. The highest BCUT2D eigenvalue weighted by Crippen LogP contribution is 2.38. The van der Waals surface area contributed by atoms with Crippen LogP contribution in [-0.2, 0) is 4.74 Å². The maximum atomic E-state index is 11.9. The van der Waals surface area contributed by atoms with Crippen molar-refractivity contribution < 1.29 is 14.3 Å². The van der Waals surface area contributed by atoms with Gasteiger partial charge in [-0.25, -0.2) is 4.79 Å². The molecule has 2 rings (SSSR count). The van der Waals surface area contributed by atoms with Crippen molar-refractivity contribution in [2.75, 3.05) is 18.9 Å². The monoisotopic (exact) mass is 305 g/mol. The molecule has 0 spiro atoms. The molecule has 2 aromatic rings. The van der Waals surface area contributed by atoms with Gasteiger partial charge in [-0.2, -0.15) is 0 Å². The maximum Gasteiger partial charge on any atom is 0.350 e. The number of rotatable bonds is 5. The van der Waals surface area contributed by atoms with Crippen LogP contribution in [0.15, 0.2) is 24.3 Å². The molecule has 0 fully saturated rings. The van der Waals surface area contributed by atoms with E-state index >= 15 is 0 Å². The first-order valence-electron chi connectivity index (χ1n) is 6.87. The van der Waals surface area contributed by atoms with Crippen LogP contribution in [0.5, 0.6) is 5.75 Å². The van der Waals surface area contributed by atoms with Gasteiger partial charge in [0.2, 0.25) is 0 Å². The highest BCUT2D eigenvalue weighted by Gasteiger charge is 2.20. The van der Waals surface area contributed by atoms with Crippen LogP contribution in [0.25, 0.3) is 10.4 Å². The van der Waals surface area contributed by atoms with Crippen molar-refractivity contribution in [3.8, 4) is 16.2 Å². The van der Waals surface area contributed by atoms with Crippen LogP contribution in [0.1, 0.15) is 29.1 Å². The van der Waals surface area contributed by atoms with Gasteiger partial charge in [0.1, 0.15) is 10.6 Å². The van der Waals surface area contributed by atoms with Gasteiger partial charge in [0.15, 0.2) is 0 Å². The zero-order chi connectivity index (χ0) is 15.4. The molecule has 0 aliphatic rings. The lowest BCUT2D eigenvalue weighted by atomic mass is 10.1. The first kappa shape index (κ1) is 15.4. The molecule has 0 aliphatic carbocycles. The molecule has 0 bridgehead atoms. The number of carbonyl (C=O) groups is 1. The molecule has 0 saturated carbocycles. The molecule has 0 radical (unpaired) electrons. The van der Waals surface area contributed by atoms with E-state index in [1.807, 2.05) is 38.1 Å². The Bertz CT molecular complexity index is 632. The molecule has 0 unspecified atom stereocenters. The summed E-state index contributed by atoms with van der Waals surface area (Å²) in [5, 5.41) is 0. The fourth-order valence-electron chi connectivity index (χ4n) is 2.02. The van der Waals surface area contributed by atoms with E-state index in [4.69, 9.17) is 15.2 Å². The minimum atomic E-state index is -0.361. The van der Waals surface area contributed by atoms with Crippen molar-refractivity contribution in [1.29, 1.82) is 0 Å². The smallest absolute Gasteiger partial charge is 0.350 e. The van der Waals surface area contributed by atoms with Gasteiger partial charge in [-0.15, -0.1) is 11.3 Å². The van der Waals surface area contributed by atoms with Gasteiger partial charge in [-0.1, -0.05) is 0 Å². The van der Waals surface area contributed by atoms with E-state index in [0.29, 0.717) is 23.8 Å². The van der Waals surface area contributed by atoms with Crippen molar-refractivity contribution in [3.63, 3.8) is 0 Å². The topological polar surface area (TPSA) is 61.5 Å². The van der Waals surface area contributed by atoms with Crippen molar-refractivity contribution >= 4 is 23.0 Å². The van der Waals surface area contributed by atoms with Crippen LogP contribution in [0, 0.1) is 6.92 Å². The Kier molecular flexibility index (Phi) is 4.85. The molecule has 112 valence electrons. The van der Waals surface area contributed by atoms with Crippen LogP contribution in [-0.4, -0.2) is 19.2 Å². The second-order valence-electron chi connectivity index (χ2n) is 4.48. The normalized spacial score (nSPS) is 10.4. The number of thiophene rings is 1. The lowest BCUT2D eigenvalue weighted by Gasteiger charge is -2.04. The molecule has 21 heavy (non-hydrogen) atoms. The number of anilines is 1. The predicted octanol–water partition coefficient (Wildman–Crippen LogP) is 3.88. The summed E-state index contributed by atoms with van der Waals surface area (Å²) in [5.41, 5.74) is 8.46. The van der Waals surface area contributed by atoms with Crippen LogP contribution in [0.2, 0.25) is 0 Å². The number of hydrogen-bond donors (Lipinski definition) is 1. The molecular formula is C16H19NO3S. The molecule has 1 aromatic heterocycles. The first-order valence-corrected chi connectivity index (χ1v) is 7.69. The number of hydrogen-bond acceptors (Lipinski definition) is 5. The number of benzene rings is 1. The van der Waals surface area contributed by atoms with Gasteiger partial charge in [-0.3, -0.25) is 0 Å². The standard InChI is InChI=1S/C16H19NO3S/c1-4-19-12-8-6-11(7-9-12)14-10(3)13(17)15(21-14)16(18)20-5-2/h6-9H,4-5,17H2,1-3H3. The van der Waals surface area contributed by atoms with E-state index in [1.165, 1.54) is 11.3 Å². The van der Waals surface area contributed by atoms with E-state index in [-0.39, 0.29) is 5.97 Å². The molecule has 1 heterocycles. The molecule has 0 amide bonds. The summed E-state index contributed by atoms with van der Waals surface area (Å²) < 4.78 is 10.5. The molecule has 4 nitrogen and oxygen atoms in total. The summed E-state index contributed by atoms with van der Waals surface area (Å²) in [5.74, 6) is 0.467. The average Bonchev–Trinajstić information content (AvgIpc) is 2.77. The molecule has 2 N–H and O–H groups in total. The molecule has 0 atom stereocenters. The summed E-state index contributed by atoms with van der Waals surface area (Å²) in [4.78, 5) is 13.3. The Morgan fingerprint density at radius 1 is 1.19 bits per heavy atom. The van der Waals surface area contributed by atoms with Gasteiger partial charge in [0.25, 0.3) is 0 Å². The highest BCUT2D eigenvalue weighted by molar-refractivity contribution is 7.18. The minimum Gasteiger partial charge on any atom is -0.494 e. The SMILES string of the molecule is CCOC(=O)c1sc(-c2ccc(OCC)cc2)c(C)c1N. The van der Waals surface area contributed by atoms with Gasteiger partial charge >= 0.3 is 5.97 Å². The second kappa shape index (κ2) is 6.63. The highest BCUT2D eigenvalue weighted by atomic mass is 32.1. The first-order chi connectivity index (χ1) is 10.1. The summed E-state index contributed by atoms with van der Waals surface area (Å²) in [6.45, 7) is 6.62. The van der Waals surface area contributed by atoms with E-state index in [9.17, 15) is 4.79 Å². The zero-order valence-electron chi connectivity index (χ0n) is 12.4. The van der Waals surface area contributed by atoms with Crippen molar-refractivity contribution in [2.45, 2.75) is 20.8 Å². The summed E-state index contributed by atoms with van der Waals surface area (Å²) in [6, 6.07) is 7.77. The number of esters is 1. The van der Waals surface area contributed by atoms with Crippen LogP contribution < -0.4 is 10.5 Å². The van der Waals surface area contributed by atoms with E-state index < -0.39 is 0 Å². The van der Waals surface area contributed by atoms with Crippen molar-refractivity contribution in [2.24, 2.45) is 0 Å². The predicted molar refractivity (Wildman–Crippen MR) is 86.0 cm³/mol. The number of nitrogens with two attached hydrogens (primary N) is 1. The Morgan fingerprint density at radius 2 is 1.86 bits per heavy atom. The van der Waals surface area contributed by atoms with Gasteiger partial charge in [0.05, 0.1) is 18.9 Å². The van der Waals surface area contributed by atoms with Crippen LogP contribution in [0.4, 0.5) is 5.69 Å². The summed E-state index contributed by atoms with van der Waals surface area (Å²) in [6.07, 6.45) is 0. The fraction of sp³-hybridized carbons (Fsp3) is 0.312. The minimum absolute atomic E-state index is 0.341. The third-order valence-corrected chi connectivity index (χ3v) is 4.42. The number of ether oxygens (including phenoxy) is 2. The molecule has 5 heteroatoms. The van der Waals surface area contributed by atoms with Gasteiger partial charge in [-0.05, 0) is 56.2 Å². The summed E-state index contributed by atoms with van der Waals surface area (Å²) in [7, 11) is 0. The molecule has 0 saturated heterocycles. The summed E-state index contributed by atoms with van der Waals surface area (Å²) >= 11 is 1.37. The van der Waals surface area contributed by atoms with Gasteiger partial charge in [0, 0.05) is 4.88 Å². The van der Waals surface area contributed by atoms with Crippen molar-refractivity contribution in [1.82, 2.24) is 0 Å².